The predicted molar refractivity (Wildman–Crippen MR) is 128 cm³/mol. The van der Waals surface area contributed by atoms with Crippen molar-refractivity contribution in [2.24, 2.45) is 11.8 Å². The SMILES string of the molecule is CC(C)[C@@H](NC(=O)OCC1c2ccccc2-c2ccccc21)C(=O)N[C@H]1C=CC[C@H](C(=O)O)C1. The fraction of sp³-hybridized carbons (Fsp3) is 0.370. The second kappa shape index (κ2) is 10.1. The third-order valence-corrected chi connectivity index (χ3v) is 6.57. The molecule has 0 fully saturated rings. The maximum atomic E-state index is 12.9. The van der Waals surface area contributed by atoms with Gasteiger partial charge in [-0.25, -0.2) is 4.79 Å². The number of allylic oxidation sites excluding steroid dienone is 1. The van der Waals surface area contributed by atoms with E-state index in [1.54, 1.807) is 6.08 Å². The van der Waals surface area contributed by atoms with E-state index in [9.17, 15) is 19.5 Å². The van der Waals surface area contributed by atoms with Gasteiger partial charge in [0.05, 0.1) is 5.92 Å². The Kier molecular flexibility index (Phi) is 7.01. The number of ether oxygens (including phenoxy) is 1. The van der Waals surface area contributed by atoms with Crippen LogP contribution in [0.3, 0.4) is 0 Å². The fourth-order valence-electron chi connectivity index (χ4n) is 4.77. The van der Waals surface area contributed by atoms with Crippen LogP contribution in [0.2, 0.25) is 0 Å². The fourth-order valence-corrected chi connectivity index (χ4v) is 4.77. The van der Waals surface area contributed by atoms with Crippen molar-refractivity contribution in [3.05, 3.63) is 71.8 Å². The van der Waals surface area contributed by atoms with Crippen molar-refractivity contribution in [2.45, 2.75) is 44.7 Å². The number of rotatable bonds is 7. The van der Waals surface area contributed by atoms with E-state index in [1.165, 1.54) is 0 Å². The van der Waals surface area contributed by atoms with Crippen molar-refractivity contribution in [2.75, 3.05) is 6.61 Å². The maximum Gasteiger partial charge on any atom is 0.407 e. The van der Waals surface area contributed by atoms with Gasteiger partial charge in [-0.2, -0.15) is 0 Å². The molecule has 178 valence electrons. The van der Waals surface area contributed by atoms with E-state index in [4.69, 9.17) is 4.74 Å². The van der Waals surface area contributed by atoms with Crippen LogP contribution in [-0.4, -0.2) is 41.8 Å². The molecule has 7 nitrogen and oxygen atoms in total. The van der Waals surface area contributed by atoms with E-state index < -0.39 is 24.0 Å². The summed E-state index contributed by atoms with van der Waals surface area (Å²) in [6.07, 6.45) is 3.71. The Hall–Kier alpha value is -3.61. The molecule has 0 aromatic heterocycles. The summed E-state index contributed by atoms with van der Waals surface area (Å²) >= 11 is 0. The zero-order chi connectivity index (χ0) is 24.2. The van der Waals surface area contributed by atoms with Crippen LogP contribution in [0.25, 0.3) is 11.1 Å². The number of carbonyl (C=O) groups excluding carboxylic acids is 2. The van der Waals surface area contributed by atoms with Gasteiger partial charge in [0.25, 0.3) is 0 Å². The molecule has 0 saturated carbocycles. The van der Waals surface area contributed by atoms with E-state index in [2.05, 4.69) is 22.8 Å². The molecule has 0 saturated heterocycles. The molecule has 2 aliphatic rings. The number of hydrogen-bond acceptors (Lipinski definition) is 4. The van der Waals surface area contributed by atoms with Crippen LogP contribution in [0.1, 0.15) is 43.7 Å². The number of hydrogen-bond donors (Lipinski definition) is 3. The lowest BCUT2D eigenvalue weighted by molar-refractivity contribution is -0.142. The van der Waals surface area contributed by atoms with Crippen molar-refractivity contribution < 1.29 is 24.2 Å². The van der Waals surface area contributed by atoms with Crippen LogP contribution < -0.4 is 10.6 Å². The summed E-state index contributed by atoms with van der Waals surface area (Å²) in [4.78, 5) is 36.8. The Balaban J connectivity index is 1.37. The average Bonchev–Trinajstić information content (AvgIpc) is 3.15. The predicted octanol–water partition coefficient (Wildman–Crippen LogP) is 4.09. The quantitative estimate of drug-likeness (QED) is 0.538. The van der Waals surface area contributed by atoms with Gasteiger partial charge >= 0.3 is 12.1 Å². The van der Waals surface area contributed by atoms with Gasteiger partial charge < -0.3 is 20.5 Å². The average molecular weight is 463 g/mol. The van der Waals surface area contributed by atoms with Crippen LogP contribution in [-0.2, 0) is 14.3 Å². The van der Waals surface area contributed by atoms with E-state index in [0.717, 1.165) is 22.3 Å². The number of benzene rings is 2. The highest BCUT2D eigenvalue weighted by Crippen LogP contribution is 2.44. The molecule has 4 rings (SSSR count). The molecule has 34 heavy (non-hydrogen) atoms. The van der Waals surface area contributed by atoms with Crippen molar-refractivity contribution >= 4 is 18.0 Å². The Morgan fingerprint density at radius 2 is 1.65 bits per heavy atom. The lowest BCUT2D eigenvalue weighted by atomic mass is 9.90. The minimum atomic E-state index is -0.874. The summed E-state index contributed by atoms with van der Waals surface area (Å²) < 4.78 is 5.59. The van der Waals surface area contributed by atoms with Gasteiger partial charge in [0, 0.05) is 12.0 Å². The second-order valence-electron chi connectivity index (χ2n) is 9.24. The van der Waals surface area contributed by atoms with Gasteiger partial charge in [0.15, 0.2) is 0 Å². The summed E-state index contributed by atoms with van der Waals surface area (Å²) in [5.41, 5.74) is 4.52. The molecule has 0 heterocycles. The number of amides is 2. The first-order valence-electron chi connectivity index (χ1n) is 11.7. The number of carbonyl (C=O) groups is 3. The normalized spacial score (nSPS) is 19.7. The number of carboxylic acid groups (broad SMARTS) is 1. The molecule has 2 aliphatic carbocycles. The molecule has 2 amide bonds. The lowest BCUT2D eigenvalue weighted by Gasteiger charge is -2.27. The Bertz CT molecular complexity index is 1060. The molecule has 0 aliphatic heterocycles. The third kappa shape index (κ3) is 4.98. The highest BCUT2D eigenvalue weighted by Gasteiger charge is 2.31. The second-order valence-corrected chi connectivity index (χ2v) is 9.24. The number of fused-ring (bicyclic) bond motifs is 3. The van der Waals surface area contributed by atoms with Gasteiger partial charge in [-0.3, -0.25) is 9.59 Å². The number of aliphatic carboxylic acids is 1. The molecule has 0 spiro atoms. The monoisotopic (exact) mass is 462 g/mol. The minimum absolute atomic E-state index is 0.0650. The molecule has 3 atom stereocenters. The summed E-state index contributed by atoms with van der Waals surface area (Å²) in [6, 6.07) is 15.0. The highest BCUT2D eigenvalue weighted by atomic mass is 16.5. The van der Waals surface area contributed by atoms with Crippen LogP contribution in [0, 0.1) is 11.8 Å². The van der Waals surface area contributed by atoms with Crippen LogP contribution in [0.5, 0.6) is 0 Å². The molecule has 0 bridgehead atoms. The van der Waals surface area contributed by atoms with Gasteiger partial charge in [-0.05, 0) is 41.0 Å². The molecule has 7 heteroatoms. The summed E-state index contributed by atoms with van der Waals surface area (Å²) in [7, 11) is 0. The van der Waals surface area contributed by atoms with Gasteiger partial charge in [0.2, 0.25) is 5.91 Å². The van der Waals surface area contributed by atoms with Gasteiger partial charge in [-0.1, -0.05) is 74.5 Å². The zero-order valence-electron chi connectivity index (χ0n) is 19.4. The Morgan fingerprint density at radius 1 is 1.03 bits per heavy atom. The molecule has 0 unspecified atom stereocenters. The number of nitrogens with one attached hydrogen (secondary N) is 2. The Labute approximate surface area is 199 Å². The molecular weight excluding hydrogens is 432 g/mol. The van der Waals surface area contributed by atoms with Crippen molar-refractivity contribution in [1.29, 1.82) is 0 Å². The van der Waals surface area contributed by atoms with E-state index >= 15 is 0 Å². The number of carboxylic acids is 1. The Morgan fingerprint density at radius 3 is 2.24 bits per heavy atom. The smallest absolute Gasteiger partial charge is 0.407 e. The number of alkyl carbamates (subject to hydrolysis) is 1. The van der Waals surface area contributed by atoms with E-state index in [0.29, 0.717) is 12.8 Å². The summed E-state index contributed by atoms with van der Waals surface area (Å²) in [6.45, 7) is 3.84. The molecule has 2 aromatic rings. The first-order valence-corrected chi connectivity index (χ1v) is 11.7. The molecular formula is C27H30N2O5. The van der Waals surface area contributed by atoms with Crippen LogP contribution in [0.4, 0.5) is 4.79 Å². The topological polar surface area (TPSA) is 105 Å². The van der Waals surface area contributed by atoms with E-state index in [-0.39, 0.29) is 30.4 Å². The van der Waals surface area contributed by atoms with Gasteiger partial charge in [-0.15, -0.1) is 0 Å². The molecule has 0 radical (unpaired) electrons. The first kappa shape index (κ1) is 23.5. The maximum absolute atomic E-state index is 12.9. The van der Waals surface area contributed by atoms with Crippen molar-refractivity contribution in [1.82, 2.24) is 10.6 Å². The largest absolute Gasteiger partial charge is 0.481 e. The zero-order valence-corrected chi connectivity index (χ0v) is 19.4. The minimum Gasteiger partial charge on any atom is -0.481 e. The van der Waals surface area contributed by atoms with Crippen molar-refractivity contribution in [3.63, 3.8) is 0 Å². The van der Waals surface area contributed by atoms with E-state index in [1.807, 2.05) is 56.3 Å². The summed E-state index contributed by atoms with van der Waals surface area (Å²) in [5, 5.41) is 14.8. The molecule has 2 aromatic carbocycles. The van der Waals surface area contributed by atoms with Crippen molar-refractivity contribution in [3.8, 4) is 11.1 Å². The molecule has 3 N–H and O–H groups in total. The standard InChI is InChI=1S/C27H30N2O5/c1-16(2)24(25(30)28-18-9-7-8-17(14-18)26(31)32)29-27(33)34-15-23-21-12-5-3-10-19(21)20-11-4-6-13-22(20)23/h3-7,9-13,16-18,23-24H,8,14-15H2,1-2H3,(H,28,30)(H,29,33)(H,31,32)/t17-,18-,24+/m0/s1. The summed E-state index contributed by atoms with van der Waals surface area (Å²) in [5.74, 6) is -2.00. The third-order valence-electron chi connectivity index (χ3n) is 6.57. The van der Waals surface area contributed by atoms with Gasteiger partial charge in [0.1, 0.15) is 12.6 Å². The lowest BCUT2D eigenvalue weighted by Crippen LogP contribution is -2.52. The highest BCUT2D eigenvalue weighted by molar-refractivity contribution is 5.86. The first-order chi connectivity index (χ1) is 16.3. The van der Waals surface area contributed by atoms with Crippen LogP contribution >= 0.6 is 0 Å². The van der Waals surface area contributed by atoms with Crippen LogP contribution in [0.15, 0.2) is 60.7 Å².